The number of urea groups is 1. The average Bonchev–Trinajstić information content (AvgIpc) is 3.03. The van der Waals surface area contributed by atoms with Crippen molar-refractivity contribution in [1.29, 1.82) is 0 Å². The normalized spacial score (nSPS) is 15.0. The second kappa shape index (κ2) is 8.72. The molecule has 0 aliphatic carbocycles. The van der Waals surface area contributed by atoms with Gasteiger partial charge < -0.3 is 10.6 Å². The Kier molecular flexibility index (Phi) is 5.67. The topological polar surface area (TPSA) is 99.6 Å². The molecule has 1 aliphatic heterocycles. The maximum absolute atomic E-state index is 13.0. The van der Waals surface area contributed by atoms with Crippen LogP contribution in [0, 0.1) is 5.82 Å². The molecule has 31 heavy (non-hydrogen) atoms. The minimum atomic E-state index is -0.698. The molecule has 0 bridgehead atoms. The predicted molar refractivity (Wildman–Crippen MR) is 114 cm³/mol. The Balaban J connectivity index is 1.44. The monoisotopic (exact) mass is 436 g/mol. The van der Waals surface area contributed by atoms with Gasteiger partial charge in [0.05, 0.1) is 6.21 Å². The summed E-state index contributed by atoms with van der Waals surface area (Å²) in [6.07, 6.45) is 5.74. The molecule has 2 heterocycles. The maximum Gasteiger partial charge on any atom is 0.350 e. The van der Waals surface area contributed by atoms with Crippen LogP contribution in [-0.2, 0) is 4.79 Å². The summed E-state index contributed by atoms with van der Waals surface area (Å²) >= 11 is 5.86. The number of anilines is 2. The molecule has 3 aromatic rings. The largest absolute Gasteiger partial charge is 0.350 e. The van der Waals surface area contributed by atoms with Crippen LogP contribution < -0.4 is 10.6 Å². The summed E-state index contributed by atoms with van der Waals surface area (Å²) in [5, 5.41) is 10.7. The van der Waals surface area contributed by atoms with Crippen molar-refractivity contribution in [2.45, 2.75) is 0 Å². The quantitative estimate of drug-likeness (QED) is 0.358. The van der Waals surface area contributed by atoms with Crippen LogP contribution in [0.5, 0.6) is 0 Å². The van der Waals surface area contributed by atoms with Gasteiger partial charge in [-0.05, 0) is 48.0 Å². The summed E-state index contributed by atoms with van der Waals surface area (Å²) < 4.78 is 13.0. The molecular weight excluding hydrogens is 423 g/mol. The van der Waals surface area contributed by atoms with Crippen molar-refractivity contribution in [3.63, 3.8) is 0 Å². The van der Waals surface area contributed by atoms with Gasteiger partial charge in [0, 0.05) is 28.7 Å². The van der Waals surface area contributed by atoms with Crippen LogP contribution in [-0.4, -0.2) is 33.1 Å². The van der Waals surface area contributed by atoms with E-state index in [1.807, 2.05) is 0 Å². The number of nitrogens with one attached hydrogen (secondary N) is 2. The fraction of sp³-hybridized carbons (Fsp3) is 0. The van der Waals surface area contributed by atoms with E-state index in [-0.39, 0.29) is 5.70 Å². The number of rotatable bonds is 5. The summed E-state index contributed by atoms with van der Waals surface area (Å²) in [5.41, 5.74) is 1.85. The molecule has 2 N–H and O–H groups in total. The van der Waals surface area contributed by atoms with Gasteiger partial charge in [-0.2, -0.15) is 5.10 Å². The van der Waals surface area contributed by atoms with E-state index in [4.69, 9.17) is 11.6 Å². The lowest BCUT2D eigenvalue weighted by molar-refractivity contribution is -0.122. The first kappa shape index (κ1) is 20.2. The van der Waals surface area contributed by atoms with Gasteiger partial charge in [-0.25, -0.2) is 19.2 Å². The molecule has 0 saturated carbocycles. The van der Waals surface area contributed by atoms with E-state index < -0.39 is 17.8 Å². The van der Waals surface area contributed by atoms with Crippen LogP contribution in [0.25, 0.3) is 6.08 Å². The summed E-state index contributed by atoms with van der Waals surface area (Å²) in [6.45, 7) is 0. The highest BCUT2D eigenvalue weighted by atomic mass is 35.5. The Morgan fingerprint density at radius 1 is 1.00 bits per heavy atom. The Bertz CT molecular complexity index is 1180. The standard InChI is InChI=1S/C21H14ClFN6O2/c22-15-3-7-17(8-4-15)27-20-24-10-14(11-25-20)9-18-19(30)29(21(31)28-18)26-12-13-1-5-16(23)6-2-13/h1-12H,(H,28,31)(H,24,25,27)/b18-9-,26-12+. The van der Waals surface area contributed by atoms with Gasteiger partial charge in [0.1, 0.15) is 11.5 Å². The molecule has 1 saturated heterocycles. The summed E-state index contributed by atoms with van der Waals surface area (Å²) in [6, 6.07) is 11.8. The van der Waals surface area contributed by atoms with E-state index >= 15 is 0 Å². The lowest BCUT2D eigenvalue weighted by Crippen LogP contribution is -2.25. The van der Waals surface area contributed by atoms with Gasteiger partial charge in [0.15, 0.2) is 0 Å². The van der Waals surface area contributed by atoms with E-state index in [0.717, 1.165) is 5.69 Å². The maximum atomic E-state index is 13.0. The van der Waals surface area contributed by atoms with Gasteiger partial charge >= 0.3 is 6.03 Å². The molecule has 8 nitrogen and oxygen atoms in total. The number of halogens is 2. The highest BCUT2D eigenvalue weighted by molar-refractivity contribution is 6.30. The number of hydrazone groups is 1. The summed E-state index contributed by atoms with van der Waals surface area (Å²) in [5.74, 6) is -0.669. The molecule has 0 radical (unpaired) electrons. The zero-order valence-electron chi connectivity index (χ0n) is 15.8. The van der Waals surface area contributed by atoms with Gasteiger partial charge in [0.25, 0.3) is 5.91 Å². The van der Waals surface area contributed by atoms with E-state index in [2.05, 4.69) is 25.7 Å². The Morgan fingerprint density at radius 2 is 1.68 bits per heavy atom. The Morgan fingerprint density at radius 3 is 2.35 bits per heavy atom. The van der Waals surface area contributed by atoms with Crippen LogP contribution in [0.4, 0.5) is 20.8 Å². The van der Waals surface area contributed by atoms with Crippen LogP contribution >= 0.6 is 11.6 Å². The van der Waals surface area contributed by atoms with E-state index in [1.54, 1.807) is 24.3 Å². The molecule has 0 spiro atoms. The highest BCUT2D eigenvalue weighted by Gasteiger charge is 2.33. The third-order valence-corrected chi connectivity index (χ3v) is 4.38. The number of imide groups is 1. The van der Waals surface area contributed by atoms with Crippen molar-refractivity contribution in [2.75, 3.05) is 5.32 Å². The van der Waals surface area contributed by atoms with Crippen LogP contribution in [0.15, 0.2) is 71.7 Å². The van der Waals surface area contributed by atoms with Crippen LogP contribution in [0.2, 0.25) is 5.02 Å². The number of aromatic nitrogens is 2. The minimum Gasteiger partial charge on any atom is -0.324 e. The molecule has 2 aromatic carbocycles. The summed E-state index contributed by atoms with van der Waals surface area (Å²) in [7, 11) is 0. The Hall–Kier alpha value is -4.11. The molecule has 154 valence electrons. The number of carbonyl (C=O) groups is 2. The molecule has 1 aromatic heterocycles. The molecule has 0 unspecified atom stereocenters. The average molecular weight is 437 g/mol. The van der Waals surface area contributed by atoms with Crippen LogP contribution in [0.3, 0.4) is 0 Å². The number of hydrogen-bond donors (Lipinski definition) is 2. The van der Waals surface area contributed by atoms with Crippen molar-refractivity contribution >= 4 is 47.5 Å². The van der Waals surface area contributed by atoms with Crippen molar-refractivity contribution in [2.24, 2.45) is 5.10 Å². The number of nitrogens with zero attached hydrogens (tertiary/aromatic N) is 4. The minimum absolute atomic E-state index is 0.0308. The molecule has 10 heteroatoms. The number of hydrogen-bond acceptors (Lipinski definition) is 6. The van der Waals surface area contributed by atoms with Crippen molar-refractivity contribution in [3.05, 3.63) is 88.6 Å². The first-order valence-corrected chi connectivity index (χ1v) is 9.37. The molecular formula is C21H14ClFN6O2. The molecule has 1 fully saturated rings. The highest BCUT2D eigenvalue weighted by Crippen LogP contribution is 2.18. The first-order valence-electron chi connectivity index (χ1n) is 8.99. The van der Waals surface area contributed by atoms with E-state index in [1.165, 1.54) is 48.9 Å². The molecule has 4 rings (SSSR count). The fourth-order valence-corrected chi connectivity index (χ4v) is 2.74. The smallest absolute Gasteiger partial charge is 0.324 e. The molecule has 0 atom stereocenters. The lowest BCUT2D eigenvalue weighted by atomic mass is 10.2. The van der Waals surface area contributed by atoms with E-state index in [0.29, 0.717) is 27.1 Å². The SMILES string of the molecule is O=C1N/C(=C\c2cnc(Nc3ccc(Cl)cc3)nc2)C(=O)N1/N=C/c1ccc(F)cc1. The van der Waals surface area contributed by atoms with Crippen molar-refractivity contribution < 1.29 is 14.0 Å². The van der Waals surface area contributed by atoms with Gasteiger partial charge in [-0.15, -0.1) is 5.01 Å². The second-order valence-electron chi connectivity index (χ2n) is 6.37. The van der Waals surface area contributed by atoms with Gasteiger partial charge in [-0.1, -0.05) is 23.7 Å². The Labute approximate surface area is 181 Å². The zero-order valence-corrected chi connectivity index (χ0v) is 16.5. The fourth-order valence-electron chi connectivity index (χ4n) is 2.61. The van der Waals surface area contributed by atoms with Crippen LogP contribution in [0.1, 0.15) is 11.1 Å². The van der Waals surface area contributed by atoms with Gasteiger partial charge in [0.2, 0.25) is 5.95 Å². The first-order chi connectivity index (χ1) is 15.0. The zero-order chi connectivity index (χ0) is 21.8. The predicted octanol–water partition coefficient (Wildman–Crippen LogP) is 3.94. The van der Waals surface area contributed by atoms with Crippen molar-refractivity contribution in [1.82, 2.24) is 20.3 Å². The van der Waals surface area contributed by atoms with Gasteiger partial charge in [-0.3, -0.25) is 4.79 Å². The number of carbonyl (C=O) groups excluding carboxylic acids is 2. The molecule has 1 aliphatic rings. The van der Waals surface area contributed by atoms with E-state index in [9.17, 15) is 14.0 Å². The summed E-state index contributed by atoms with van der Waals surface area (Å²) in [4.78, 5) is 32.9. The second-order valence-corrected chi connectivity index (χ2v) is 6.81. The lowest BCUT2D eigenvalue weighted by Gasteiger charge is -2.04. The van der Waals surface area contributed by atoms with Crippen molar-refractivity contribution in [3.8, 4) is 0 Å². The number of amides is 3. The molecule has 3 amide bonds. The number of benzene rings is 2. The third-order valence-electron chi connectivity index (χ3n) is 4.13. The third kappa shape index (κ3) is 4.90.